The Labute approximate surface area is 67.7 Å². The lowest BCUT2D eigenvalue weighted by atomic mass is 9.82. The molecular formula is C7H9F3O2. The van der Waals surface area contributed by atoms with Crippen LogP contribution < -0.4 is 0 Å². The summed E-state index contributed by atoms with van der Waals surface area (Å²) in [4.78, 5) is 10.3. The minimum atomic E-state index is -4.86. The quantitative estimate of drug-likeness (QED) is 0.580. The number of rotatable bonds is 1. The van der Waals surface area contributed by atoms with Gasteiger partial charge in [-0.15, -0.1) is 0 Å². The minimum absolute atomic E-state index is 0.523. The fourth-order valence-corrected chi connectivity index (χ4v) is 1.06. The summed E-state index contributed by atoms with van der Waals surface area (Å²) in [5.41, 5.74) is -0.868. The molecule has 0 N–H and O–H groups in total. The second-order valence-corrected chi connectivity index (χ2v) is 3.19. The molecule has 0 saturated heterocycles. The molecular weight excluding hydrogens is 173 g/mol. The first kappa shape index (κ1) is 9.35. The molecule has 1 fully saturated rings. The fourth-order valence-electron chi connectivity index (χ4n) is 1.06. The number of hydrogen-bond acceptors (Lipinski definition) is 2. The Balaban J connectivity index is 2.46. The van der Waals surface area contributed by atoms with Crippen LogP contribution in [0.1, 0.15) is 26.2 Å². The Hall–Kier alpha value is -0.740. The Bertz CT molecular complexity index is 193. The molecule has 0 aromatic carbocycles. The van der Waals surface area contributed by atoms with Crippen molar-refractivity contribution in [1.82, 2.24) is 0 Å². The van der Waals surface area contributed by atoms with Crippen molar-refractivity contribution in [2.24, 2.45) is 0 Å². The van der Waals surface area contributed by atoms with Gasteiger partial charge in [-0.05, 0) is 26.2 Å². The summed E-state index contributed by atoms with van der Waals surface area (Å²) in [6.45, 7) is 1.51. The summed E-state index contributed by atoms with van der Waals surface area (Å²) in [6, 6.07) is 0. The maximum absolute atomic E-state index is 11.7. The van der Waals surface area contributed by atoms with Gasteiger partial charge in [0.15, 0.2) is 0 Å². The summed E-state index contributed by atoms with van der Waals surface area (Å²) in [5.74, 6) is -2.08. The van der Waals surface area contributed by atoms with Gasteiger partial charge >= 0.3 is 12.1 Å². The van der Waals surface area contributed by atoms with Gasteiger partial charge in [-0.1, -0.05) is 0 Å². The summed E-state index contributed by atoms with van der Waals surface area (Å²) < 4.78 is 39.3. The van der Waals surface area contributed by atoms with E-state index in [9.17, 15) is 18.0 Å². The number of alkyl halides is 3. The molecule has 0 spiro atoms. The van der Waals surface area contributed by atoms with Crippen LogP contribution in [0.5, 0.6) is 0 Å². The standard InChI is InChI=1S/C7H9F3O2/c1-6(3-2-4-6)12-5(11)7(8,9)10/h2-4H2,1H3. The van der Waals surface area contributed by atoms with Crippen LogP contribution in [-0.2, 0) is 9.53 Å². The van der Waals surface area contributed by atoms with Crippen molar-refractivity contribution in [2.45, 2.75) is 38.0 Å². The molecule has 0 radical (unpaired) electrons. The van der Waals surface area contributed by atoms with Crippen LogP contribution in [0.2, 0.25) is 0 Å². The van der Waals surface area contributed by atoms with Crippen molar-refractivity contribution in [2.75, 3.05) is 0 Å². The van der Waals surface area contributed by atoms with Crippen LogP contribution in [-0.4, -0.2) is 17.7 Å². The highest BCUT2D eigenvalue weighted by Crippen LogP contribution is 2.36. The third-order valence-corrected chi connectivity index (χ3v) is 1.98. The highest BCUT2D eigenvalue weighted by atomic mass is 19.4. The summed E-state index contributed by atoms with van der Waals surface area (Å²) in [6.07, 6.45) is -3.00. The van der Waals surface area contributed by atoms with Gasteiger partial charge < -0.3 is 4.74 Å². The zero-order valence-electron chi connectivity index (χ0n) is 6.57. The molecule has 5 heteroatoms. The molecule has 0 atom stereocenters. The Morgan fingerprint density at radius 2 is 1.92 bits per heavy atom. The number of esters is 1. The molecule has 70 valence electrons. The van der Waals surface area contributed by atoms with Crippen LogP contribution in [0.3, 0.4) is 0 Å². The molecule has 0 bridgehead atoms. The van der Waals surface area contributed by atoms with E-state index in [0.29, 0.717) is 12.8 Å². The molecule has 1 aliphatic carbocycles. The van der Waals surface area contributed by atoms with E-state index in [-0.39, 0.29) is 0 Å². The maximum Gasteiger partial charge on any atom is 0.490 e. The van der Waals surface area contributed by atoms with E-state index in [2.05, 4.69) is 4.74 Å². The first-order valence-corrected chi connectivity index (χ1v) is 3.64. The van der Waals surface area contributed by atoms with Crippen LogP contribution in [0.25, 0.3) is 0 Å². The van der Waals surface area contributed by atoms with Crippen molar-refractivity contribution >= 4 is 5.97 Å². The molecule has 1 saturated carbocycles. The number of carbonyl (C=O) groups excluding carboxylic acids is 1. The van der Waals surface area contributed by atoms with Gasteiger partial charge in [-0.25, -0.2) is 4.79 Å². The second-order valence-electron chi connectivity index (χ2n) is 3.19. The van der Waals surface area contributed by atoms with Gasteiger partial charge in [-0.3, -0.25) is 0 Å². The lowest BCUT2D eigenvalue weighted by molar-refractivity contribution is -0.219. The van der Waals surface area contributed by atoms with Crippen molar-refractivity contribution in [3.8, 4) is 0 Å². The first-order valence-electron chi connectivity index (χ1n) is 3.64. The number of ether oxygens (including phenoxy) is 1. The summed E-state index contributed by atoms with van der Waals surface area (Å²) in [7, 11) is 0. The van der Waals surface area contributed by atoms with Gasteiger partial charge in [0.25, 0.3) is 0 Å². The van der Waals surface area contributed by atoms with Crippen molar-refractivity contribution in [3.05, 3.63) is 0 Å². The van der Waals surface area contributed by atoms with Crippen LogP contribution in [0, 0.1) is 0 Å². The number of hydrogen-bond donors (Lipinski definition) is 0. The lowest BCUT2D eigenvalue weighted by Crippen LogP contribution is -2.42. The van der Waals surface area contributed by atoms with Crippen molar-refractivity contribution in [3.63, 3.8) is 0 Å². The molecule has 0 aliphatic heterocycles. The second kappa shape index (κ2) is 2.64. The van der Waals surface area contributed by atoms with E-state index in [1.807, 2.05) is 0 Å². The molecule has 1 aliphatic rings. The zero-order chi connectivity index (χ0) is 9.41. The SMILES string of the molecule is CC1(OC(=O)C(F)(F)F)CCC1. The molecule has 0 unspecified atom stereocenters. The predicted molar refractivity (Wildman–Crippen MR) is 34.4 cm³/mol. The monoisotopic (exact) mass is 182 g/mol. The topological polar surface area (TPSA) is 26.3 Å². The molecule has 0 amide bonds. The minimum Gasteiger partial charge on any atom is -0.453 e. The number of halogens is 3. The zero-order valence-corrected chi connectivity index (χ0v) is 6.57. The fraction of sp³-hybridized carbons (Fsp3) is 0.857. The van der Waals surface area contributed by atoms with E-state index < -0.39 is 17.7 Å². The normalized spacial score (nSPS) is 21.3. The van der Waals surface area contributed by atoms with E-state index in [4.69, 9.17) is 0 Å². The van der Waals surface area contributed by atoms with Crippen LogP contribution >= 0.6 is 0 Å². The van der Waals surface area contributed by atoms with E-state index in [1.54, 1.807) is 0 Å². The Kier molecular flexibility index (Phi) is 2.06. The highest BCUT2D eigenvalue weighted by Gasteiger charge is 2.46. The molecule has 0 aromatic heterocycles. The molecule has 0 aromatic rings. The van der Waals surface area contributed by atoms with Crippen LogP contribution in [0.4, 0.5) is 13.2 Å². The van der Waals surface area contributed by atoms with E-state index in [0.717, 1.165) is 6.42 Å². The Morgan fingerprint density at radius 3 is 2.17 bits per heavy atom. The van der Waals surface area contributed by atoms with Crippen LogP contribution in [0.15, 0.2) is 0 Å². The highest BCUT2D eigenvalue weighted by molar-refractivity contribution is 5.76. The molecule has 12 heavy (non-hydrogen) atoms. The predicted octanol–water partition coefficient (Wildman–Crippen LogP) is 2.03. The lowest BCUT2D eigenvalue weighted by Gasteiger charge is -2.37. The third-order valence-electron chi connectivity index (χ3n) is 1.98. The van der Waals surface area contributed by atoms with Gasteiger partial charge in [0, 0.05) is 0 Å². The molecule has 1 rings (SSSR count). The van der Waals surface area contributed by atoms with E-state index in [1.165, 1.54) is 6.92 Å². The molecule has 2 nitrogen and oxygen atoms in total. The maximum atomic E-state index is 11.7. The summed E-state index contributed by atoms with van der Waals surface area (Å²) in [5, 5.41) is 0. The van der Waals surface area contributed by atoms with Gasteiger partial charge in [-0.2, -0.15) is 13.2 Å². The average Bonchev–Trinajstić information content (AvgIpc) is 1.82. The largest absolute Gasteiger partial charge is 0.490 e. The third kappa shape index (κ3) is 1.89. The Morgan fingerprint density at radius 1 is 1.42 bits per heavy atom. The van der Waals surface area contributed by atoms with Gasteiger partial charge in [0.05, 0.1) is 0 Å². The smallest absolute Gasteiger partial charge is 0.453 e. The van der Waals surface area contributed by atoms with Crippen molar-refractivity contribution < 1.29 is 22.7 Å². The van der Waals surface area contributed by atoms with Gasteiger partial charge in [0.2, 0.25) is 0 Å². The average molecular weight is 182 g/mol. The summed E-state index contributed by atoms with van der Waals surface area (Å²) >= 11 is 0. The van der Waals surface area contributed by atoms with Crippen molar-refractivity contribution in [1.29, 1.82) is 0 Å². The first-order chi connectivity index (χ1) is 5.33. The molecule has 0 heterocycles. The van der Waals surface area contributed by atoms with Gasteiger partial charge in [0.1, 0.15) is 5.60 Å². The number of carbonyl (C=O) groups is 1. The van der Waals surface area contributed by atoms with E-state index >= 15 is 0 Å².